The van der Waals surface area contributed by atoms with E-state index in [1.54, 1.807) is 6.07 Å². The summed E-state index contributed by atoms with van der Waals surface area (Å²) in [5.41, 5.74) is 0.636. The maximum absolute atomic E-state index is 15.5. The average Bonchev–Trinajstić information content (AvgIpc) is 3.41. The van der Waals surface area contributed by atoms with Crippen LogP contribution in [0, 0.1) is 5.82 Å². The number of halogens is 4. The Hall–Kier alpha value is -3.97. The Labute approximate surface area is 206 Å². The van der Waals surface area contributed by atoms with E-state index in [1.165, 1.54) is 23.9 Å². The molecule has 3 aromatic heterocycles. The van der Waals surface area contributed by atoms with Crippen LogP contribution >= 0.6 is 0 Å². The second-order valence-electron chi connectivity index (χ2n) is 8.17. The monoisotopic (exact) mass is 510 g/mol. The van der Waals surface area contributed by atoms with Gasteiger partial charge in [0.25, 0.3) is 5.92 Å². The molecule has 1 fully saturated rings. The maximum atomic E-state index is 15.5. The number of H-pyrrole nitrogens is 1. The second kappa shape index (κ2) is 8.91. The van der Waals surface area contributed by atoms with Gasteiger partial charge in [-0.25, -0.2) is 27.2 Å². The lowest BCUT2D eigenvalue weighted by atomic mass is 10.0. The molecule has 1 amide bonds. The van der Waals surface area contributed by atoms with Crippen LogP contribution < -0.4 is 10.4 Å². The van der Waals surface area contributed by atoms with Crippen LogP contribution in [0.15, 0.2) is 29.4 Å². The highest BCUT2D eigenvalue weighted by molar-refractivity contribution is 5.89. The molecule has 1 saturated heterocycles. The highest BCUT2D eigenvalue weighted by Crippen LogP contribution is 2.34. The highest BCUT2D eigenvalue weighted by Gasteiger charge is 2.45. The fourth-order valence-corrected chi connectivity index (χ4v) is 4.22. The van der Waals surface area contributed by atoms with Crippen molar-refractivity contribution < 1.29 is 32.6 Å². The number of likely N-dealkylation sites (tertiary alicyclic amines) is 1. The number of nitrogens with zero attached hydrogens (tertiary/aromatic N) is 7. The predicted octanol–water partition coefficient (Wildman–Crippen LogP) is 2.35. The van der Waals surface area contributed by atoms with Gasteiger partial charge in [-0.3, -0.25) is 14.4 Å². The van der Waals surface area contributed by atoms with Crippen molar-refractivity contribution in [2.75, 3.05) is 26.9 Å². The molecule has 0 saturated carbocycles. The van der Waals surface area contributed by atoms with Crippen molar-refractivity contribution in [3.8, 4) is 17.0 Å². The number of aromatic nitrogens is 6. The van der Waals surface area contributed by atoms with Crippen LogP contribution in [0.2, 0.25) is 0 Å². The fraction of sp³-hybridized carbons (Fsp3) is 0.409. The molecule has 0 radical (unpaired) electrons. The smallest absolute Gasteiger partial charge is 0.287 e. The lowest BCUT2D eigenvalue weighted by molar-refractivity contribution is -0.141. The highest BCUT2D eigenvalue weighted by atomic mass is 19.3. The zero-order valence-electron chi connectivity index (χ0n) is 22.8. The minimum atomic E-state index is -3.60. The summed E-state index contributed by atoms with van der Waals surface area (Å²) < 4.78 is 95.7. The lowest BCUT2D eigenvalue weighted by Gasteiger charge is -2.35. The third-order valence-electron chi connectivity index (χ3n) is 5.93. The SMILES string of the molecule is [2H]c1c(F)c(-c2ccc3nnn(CCF)c3c2)c2c(OC)nc(=N[C@@H]3CCN(C(=O)C([2H])([2H])[2H])CC3(F)F)[nH]n12. The summed E-state index contributed by atoms with van der Waals surface area (Å²) in [5, 5.41) is 10.4. The van der Waals surface area contributed by atoms with Crippen molar-refractivity contribution in [3.05, 3.63) is 35.8 Å². The Morgan fingerprint density at radius 3 is 3.00 bits per heavy atom. The number of methoxy groups -OCH3 is 1. The van der Waals surface area contributed by atoms with Crippen LogP contribution in [0.25, 0.3) is 27.7 Å². The normalized spacial score (nSPS) is 20.3. The minimum Gasteiger partial charge on any atom is -0.479 e. The van der Waals surface area contributed by atoms with E-state index >= 15 is 4.39 Å². The third-order valence-corrected chi connectivity index (χ3v) is 5.93. The van der Waals surface area contributed by atoms with Crippen LogP contribution in [0.1, 0.15) is 18.8 Å². The van der Waals surface area contributed by atoms with E-state index in [0.717, 1.165) is 4.52 Å². The van der Waals surface area contributed by atoms with Crippen LogP contribution in [0.3, 0.4) is 0 Å². The zero-order chi connectivity index (χ0) is 29.0. The Kier molecular flexibility index (Phi) is 4.77. The van der Waals surface area contributed by atoms with Crippen molar-refractivity contribution in [1.82, 2.24) is 34.5 Å². The molecule has 36 heavy (non-hydrogen) atoms. The summed E-state index contributed by atoms with van der Waals surface area (Å²) in [6, 6.07) is 2.91. The molecule has 1 N–H and O–H groups in total. The summed E-state index contributed by atoms with van der Waals surface area (Å²) in [6.45, 7) is -5.25. The Bertz CT molecular complexity index is 1680. The Morgan fingerprint density at radius 1 is 1.44 bits per heavy atom. The summed E-state index contributed by atoms with van der Waals surface area (Å²) in [5.74, 6) is -6.17. The number of amides is 1. The number of fused-ring (bicyclic) bond motifs is 2. The van der Waals surface area contributed by atoms with E-state index in [2.05, 4.69) is 25.4 Å². The number of carbonyl (C=O) groups is 1. The number of aromatic amines is 1. The molecule has 1 aliphatic heterocycles. The molecule has 1 aromatic carbocycles. The van der Waals surface area contributed by atoms with Crippen molar-refractivity contribution >= 4 is 22.5 Å². The average molecular weight is 510 g/mol. The largest absolute Gasteiger partial charge is 0.479 e. The number of benzene rings is 1. The van der Waals surface area contributed by atoms with Gasteiger partial charge in [-0.1, -0.05) is 11.3 Å². The van der Waals surface area contributed by atoms with E-state index in [4.69, 9.17) is 10.2 Å². The molecule has 4 heterocycles. The molecular weight excluding hydrogens is 484 g/mol. The van der Waals surface area contributed by atoms with E-state index in [-0.39, 0.29) is 42.0 Å². The number of aryl methyl sites for hydroxylation is 1. The fourth-order valence-electron chi connectivity index (χ4n) is 4.22. The van der Waals surface area contributed by atoms with Crippen molar-refractivity contribution in [3.63, 3.8) is 0 Å². The van der Waals surface area contributed by atoms with E-state index in [9.17, 15) is 18.0 Å². The Balaban J connectivity index is 1.58. The first kappa shape index (κ1) is 19.2. The van der Waals surface area contributed by atoms with Crippen LogP contribution in [-0.2, 0) is 11.3 Å². The van der Waals surface area contributed by atoms with Gasteiger partial charge >= 0.3 is 0 Å². The molecule has 1 aliphatic rings. The van der Waals surface area contributed by atoms with Gasteiger partial charge in [-0.2, -0.15) is 4.98 Å². The van der Waals surface area contributed by atoms with Gasteiger partial charge in [0, 0.05) is 17.5 Å². The van der Waals surface area contributed by atoms with Gasteiger partial charge in [0.05, 0.1) is 38.8 Å². The predicted molar refractivity (Wildman–Crippen MR) is 120 cm³/mol. The first-order valence-electron chi connectivity index (χ1n) is 12.8. The van der Waals surface area contributed by atoms with Gasteiger partial charge in [0.15, 0.2) is 5.82 Å². The number of hydrogen-bond acceptors (Lipinski definition) is 6. The van der Waals surface area contributed by atoms with Crippen molar-refractivity contribution in [2.24, 2.45) is 4.99 Å². The maximum Gasteiger partial charge on any atom is 0.287 e. The zero-order valence-corrected chi connectivity index (χ0v) is 18.8. The second-order valence-corrected chi connectivity index (χ2v) is 8.17. The summed E-state index contributed by atoms with van der Waals surface area (Å²) in [7, 11) is 1.22. The number of piperidine rings is 1. The van der Waals surface area contributed by atoms with Crippen LogP contribution in [-0.4, -0.2) is 79.2 Å². The van der Waals surface area contributed by atoms with Crippen molar-refractivity contribution in [2.45, 2.75) is 31.8 Å². The van der Waals surface area contributed by atoms with Gasteiger partial charge < -0.3 is 9.64 Å². The number of ether oxygens (including phenoxy) is 1. The molecule has 0 bridgehead atoms. The summed E-state index contributed by atoms with van der Waals surface area (Å²) in [6.07, 6.45) is -1.04. The van der Waals surface area contributed by atoms with Gasteiger partial charge in [0.2, 0.25) is 17.4 Å². The number of alkyl halides is 3. The van der Waals surface area contributed by atoms with E-state index in [1.807, 2.05) is 0 Å². The van der Waals surface area contributed by atoms with Gasteiger partial charge in [-0.15, -0.1) is 5.10 Å². The molecule has 5 rings (SSSR count). The van der Waals surface area contributed by atoms with E-state index in [0.29, 0.717) is 15.9 Å². The number of hydrogen-bond donors (Lipinski definition) is 1. The Morgan fingerprint density at radius 2 is 2.28 bits per heavy atom. The van der Waals surface area contributed by atoms with Crippen LogP contribution in [0.5, 0.6) is 5.88 Å². The summed E-state index contributed by atoms with van der Waals surface area (Å²) >= 11 is 0. The molecule has 190 valence electrons. The molecule has 0 aliphatic carbocycles. The molecular formula is C22H22F4N8O2. The van der Waals surface area contributed by atoms with Crippen molar-refractivity contribution in [1.29, 1.82) is 0 Å². The number of rotatable bonds is 5. The number of carbonyl (C=O) groups excluding carboxylic acids is 1. The molecule has 1 atom stereocenters. The van der Waals surface area contributed by atoms with E-state index < -0.39 is 55.6 Å². The summed E-state index contributed by atoms with van der Waals surface area (Å²) in [4.78, 5) is 20.6. The number of nitrogens with one attached hydrogen (secondary N) is 1. The first-order valence-corrected chi connectivity index (χ1v) is 10.8. The topological polar surface area (TPSA) is 106 Å². The quantitative estimate of drug-likeness (QED) is 0.415. The third kappa shape index (κ3) is 4.05. The van der Waals surface area contributed by atoms with Gasteiger partial charge in [-0.05, 0) is 24.1 Å². The van der Waals surface area contributed by atoms with Gasteiger partial charge in [0.1, 0.15) is 23.7 Å². The molecule has 14 heteroatoms. The standard InChI is InChI=1S/C22H22F4N8O2/c1-12(35)32-7-5-17(22(25,26)11-32)27-21-28-20(36-2)19-18(14(24)10-34(19)30-21)13-3-4-15-16(9-13)33(8-6-23)31-29-15/h3-4,9-10,17H,5-8,11H2,1-2H3,(H,27,30)/t17-/m1/s1/i1D3,10D. The molecule has 10 nitrogen and oxygen atoms in total. The lowest BCUT2D eigenvalue weighted by Crippen LogP contribution is -2.52. The minimum absolute atomic E-state index is 0.0160. The molecule has 0 spiro atoms. The molecule has 4 aromatic rings. The molecule has 0 unspecified atom stereocenters. The van der Waals surface area contributed by atoms with Crippen LogP contribution in [0.4, 0.5) is 17.6 Å². The first-order chi connectivity index (χ1) is 18.9.